The lowest BCUT2D eigenvalue weighted by molar-refractivity contribution is 0.272. The van der Waals surface area contributed by atoms with Gasteiger partial charge in [0.15, 0.2) is 0 Å². The Balaban J connectivity index is 2.66. The predicted molar refractivity (Wildman–Crippen MR) is 76.7 cm³/mol. The molecule has 1 rings (SSSR count). The first kappa shape index (κ1) is 16.1. The van der Waals surface area contributed by atoms with E-state index in [1.165, 1.54) is 27.0 Å². The molecule has 0 aromatic carbocycles. The zero-order chi connectivity index (χ0) is 13.8. The largest absolute Gasteiger partial charge is 0.396 e. The van der Waals surface area contributed by atoms with Gasteiger partial charge in [-0.3, -0.25) is 0 Å². The monoisotopic (exact) mass is 356 g/mol. The highest BCUT2D eigenvalue weighted by molar-refractivity contribution is 9.11. The van der Waals surface area contributed by atoms with Crippen LogP contribution in [0.5, 0.6) is 0 Å². The van der Waals surface area contributed by atoms with Crippen molar-refractivity contribution in [2.45, 2.75) is 13.0 Å². The third-order valence-electron chi connectivity index (χ3n) is 2.45. The summed E-state index contributed by atoms with van der Waals surface area (Å²) in [5.74, 6) is 0. The lowest BCUT2D eigenvalue weighted by Gasteiger charge is -2.23. The van der Waals surface area contributed by atoms with Crippen molar-refractivity contribution in [2.75, 3.05) is 27.2 Å². The molecule has 18 heavy (non-hydrogen) atoms. The fourth-order valence-electron chi connectivity index (χ4n) is 1.41. The minimum atomic E-state index is -3.46. The molecular formula is C10H17BrN2O3S2. The van der Waals surface area contributed by atoms with E-state index in [2.05, 4.69) is 15.9 Å². The van der Waals surface area contributed by atoms with Crippen molar-refractivity contribution >= 4 is 37.5 Å². The molecular weight excluding hydrogens is 340 g/mol. The third kappa shape index (κ3) is 4.29. The standard InChI is InChI=1S/C10H17BrN2O3S2/c1-12(4-3-5-14)18(15,16)13(2)7-9-6-10(11)17-8-9/h6,8,14H,3-5,7H2,1-2H3. The quantitative estimate of drug-likeness (QED) is 0.805. The summed E-state index contributed by atoms with van der Waals surface area (Å²) in [5.41, 5.74) is 0.952. The molecule has 0 amide bonds. The van der Waals surface area contributed by atoms with Crippen LogP contribution in [0.1, 0.15) is 12.0 Å². The Hall–Kier alpha value is 0.01000. The molecule has 1 heterocycles. The average molecular weight is 357 g/mol. The van der Waals surface area contributed by atoms with Crippen LogP contribution in [0.2, 0.25) is 0 Å². The zero-order valence-electron chi connectivity index (χ0n) is 10.3. The van der Waals surface area contributed by atoms with Gasteiger partial charge in [0, 0.05) is 33.8 Å². The maximum atomic E-state index is 12.1. The molecule has 0 atom stereocenters. The first-order chi connectivity index (χ1) is 8.37. The van der Waals surface area contributed by atoms with Crippen LogP contribution in [0.3, 0.4) is 0 Å². The van der Waals surface area contributed by atoms with Gasteiger partial charge in [0.2, 0.25) is 0 Å². The smallest absolute Gasteiger partial charge is 0.281 e. The van der Waals surface area contributed by atoms with Gasteiger partial charge < -0.3 is 5.11 Å². The molecule has 1 N–H and O–H groups in total. The van der Waals surface area contributed by atoms with Gasteiger partial charge in [0.1, 0.15) is 0 Å². The van der Waals surface area contributed by atoms with Crippen LogP contribution >= 0.6 is 27.3 Å². The fourth-order valence-corrected chi connectivity index (χ4v) is 3.76. The van der Waals surface area contributed by atoms with Crippen molar-refractivity contribution in [1.29, 1.82) is 0 Å². The molecule has 0 saturated heterocycles. The highest BCUT2D eigenvalue weighted by Crippen LogP contribution is 2.22. The summed E-state index contributed by atoms with van der Waals surface area (Å²) in [6.45, 7) is 0.644. The summed E-state index contributed by atoms with van der Waals surface area (Å²) in [5, 5.41) is 10.6. The van der Waals surface area contributed by atoms with E-state index in [-0.39, 0.29) is 6.61 Å². The highest BCUT2D eigenvalue weighted by atomic mass is 79.9. The van der Waals surface area contributed by atoms with Gasteiger partial charge in [-0.15, -0.1) is 11.3 Å². The normalized spacial score (nSPS) is 12.6. The summed E-state index contributed by atoms with van der Waals surface area (Å²) in [7, 11) is -0.384. The number of nitrogens with zero attached hydrogens (tertiary/aromatic N) is 2. The van der Waals surface area contributed by atoms with Gasteiger partial charge in [-0.2, -0.15) is 17.0 Å². The number of aliphatic hydroxyl groups is 1. The molecule has 0 aliphatic heterocycles. The molecule has 1 aromatic heterocycles. The molecule has 0 aliphatic carbocycles. The van der Waals surface area contributed by atoms with Crippen molar-refractivity contribution in [2.24, 2.45) is 0 Å². The van der Waals surface area contributed by atoms with Crippen LogP contribution in [0.25, 0.3) is 0 Å². The average Bonchev–Trinajstić information content (AvgIpc) is 2.71. The van der Waals surface area contributed by atoms with E-state index in [9.17, 15) is 8.42 Å². The molecule has 0 saturated carbocycles. The molecule has 0 fully saturated rings. The van der Waals surface area contributed by atoms with Gasteiger partial charge in [0.25, 0.3) is 10.2 Å². The molecule has 1 aromatic rings. The van der Waals surface area contributed by atoms with Crippen LogP contribution in [-0.2, 0) is 16.8 Å². The van der Waals surface area contributed by atoms with Crippen LogP contribution in [0.15, 0.2) is 15.2 Å². The Kier molecular flexibility index (Phi) is 6.22. The minimum absolute atomic E-state index is 0.0128. The molecule has 104 valence electrons. The third-order valence-corrected chi connectivity index (χ3v) is 5.89. The first-order valence-corrected chi connectivity index (χ1v) is 8.46. The second-order valence-electron chi connectivity index (χ2n) is 3.92. The van der Waals surface area contributed by atoms with E-state index in [0.717, 1.165) is 9.35 Å². The Morgan fingerprint density at radius 1 is 1.39 bits per heavy atom. The van der Waals surface area contributed by atoms with Gasteiger partial charge in [-0.25, -0.2) is 0 Å². The van der Waals surface area contributed by atoms with E-state index in [4.69, 9.17) is 5.11 Å². The Bertz CT molecular complexity index is 475. The van der Waals surface area contributed by atoms with Crippen molar-refractivity contribution < 1.29 is 13.5 Å². The van der Waals surface area contributed by atoms with Crippen molar-refractivity contribution in [3.8, 4) is 0 Å². The minimum Gasteiger partial charge on any atom is -0.396 e. The summed E-state index contributed by atoms with van der Waals surface area (Å²) >= 11 is 4.88. The van der Waals surface area contributed by atoms with Gasteiger partial charge in [-0.1, -0.05) is 0 Å². The summed E-state index contributed by atoms with van der Waals surface area (Å²) in [6, 6.07) is 1.91. The number of rotatable bonds is 7. The zero-order valence-corrected chi connectivity index (χ0v) is 13.6. The van der Waals surface area contributed by atoms with Crippen molar-refractivity contribution in [3.63, 3.8) is 0 Å². The molecule has 0 spiro atoms. The fraction of sp³-hybridized carbons (Fsp3) is 0.600. The number of hydrogen-bond donors (Lipinski definition) is 1. The van der Waals surface area contributed by atoms with E-state index < -0.39 is 10.2 Å². The lowest BCUT2D eigenvalue weighted by atomic mass is 10.3. The molecule has 0 radical (unpaired) electrons. The second kappa shape index (κ2) is 6.97. The molecule has 5 nitrogen and oxygen atoms in total. The van der Waals surface area contributed by atoms with Gasteiger partial charge in [-0.05, 0) is 39.4 Å². The van der Waals surface area contributed by atoms with Crippen LogP contribution < -0.4 is 0 Å². The van der Waals surface area contributed by atoms with E-state index in [1.807, 2.05) is 11.4 Å². The Morgan fingerprint density at radius 3 is 2.56 bits per heavy atom. The number of thiophene rings is 1. The Morgan fingerprint density at radius 2 is 2.06 bits per heavy atom. The predicted octanol–water partition coefficient (Wildman–Crippen LogP) is 1.50. The molecule has 8 heteroatoms. The number of aliphatic hydroxyl groups excluding tert-OH is 1. The van der Waals surface area contributed by atoms with Crippen LogP contribution in [0, 0.1) is 0 Å². The summed E-state index contributed by atoms with van der Waals surface area (Å²) in [6.07, 6.45) is 0.438. The molecule has 0 unspecified atom stereocenters. The van der Waals surface area contributed by atoms with Crippen LogP contribution in [0.4, 0.5) is 0 Å². The van der Waals surface area contributed by atoms with Crippen molar-refractivity contribution in [1.82, 2.24) is 8.61 Å². The topological polar surface area (TPSA) is 60.9 Å². The van der Waals surface area contributed by atoms with E-state index >= 15 is 0 Å². The van der Waals surface area contributed by atoms with E-state index in [1.54, 1.807) is 7.05 Å². The maximum absolute atomic E-state index is 12.1. The number of halogens is 1. The summed E-state index contributed by atoms with van der Waals surface area (Å²) in [4.78, 5) is 0. The van der Waals surface area contributed by atoms with E-state index in [0.29, 0.717) is 19.5 Å². The maximum Gasteiger partial charge on any atom is 0.281 e. The first-order valence-electron chi connectivity index (χ1n) is 5.39. The van der Waals surface area contributed by atoms with Gasteiger partial charge in [0.05, 0.1) is 3.79 Å². The highest BCUT2D eigenvalue weighted by Gasteiger charge is 2.23. The van der Waals surface area contributed by atoms with Crippen LogP contribution in [-0.4, -0.2) is 49.4 Å². The molecule has 0 bridgehead atoms. The van der Waals surface area contributed by atoms with Gasteiger partial charge >= 0.3 is 0 Å². The lowest BCUT2D eigenvalue weighted by Crippen LogP contribution is -2.39. The second-order valence-corrected chi connectivity index (χ2v) is 8.35. The van der Waals surface area contributed by atoms with Crippen molar-refractivity contribution in [3.05, 3.63) is 20.8 Å². The Labute approximate surface area is 120 Å². The SMILES string of the molecule is CN(CCCO)S(=O)(=O)N(C)Cc1csc(Br)c1. The summed E-state index contributed by atoms with van der Waals surface area (Å²) < 4.78 is 27.8. The molecule has 0 aliphatic rings. The number of hydrogen-bond acceptors (Lipinski definition) is 4.